The first-order valence-electron chi connectivity index (χ1n) is 9.73. The second-order valence-corrected chi connectivity index (χ2v) is 8.78. The van der Waals surface area contributed by atoms with Crippen molar-refractivity contribution in [2.45, 2.75) is 39.2 Å². The molecule has 0 saturated heterocycles. The summed E-state index contributed by atoms with van der Waals surface area (Å²) in [5.41, 5.74) is 3.06. The van der Waals surface area contributed by atoms with E-state index in [0.717, 1.165) is 24.8 Å². The molecule has 4 rings (SSSR count). The van der Waals surface area contributed by atoms with Gasteiger partial charge in [-0.2, -0.15) is 0 Å². The molecule has 8 heteroatoms. The molecule has 0 fully saturated rings. The van der Waals surface area contributed by atoms with Crippen LogP contribution in [-0.4, -0.2) is 24.0 Å². The van der Waals surface area contributed by atoms with Crippen LogP contribution >= 0.6 is 22.7 Å². The fourth-order valence-corrected chi connectivity index (χ4v) is 5.55. The van der Waals surface area contributed by atoms with Gasteiger partial charge in [0.05, 0.1) is 24.1 Å². The maximum Gasteiger partial charge on any atom is 0.339 e. The number of benzene rings is 1. The van der Waals surface area contributed by atoms with Gasteiger partial charge in [-0.3, -0.25) is 9.69 Å². The summed E-state index contributed by atoms with van der Waals surface area (Å²) in [4.78, 5) is 32.2. The van der Waals surface area contributed by atoms with Crippen molar-refractivity contribution in [1.29, 1.82) is 0 Å². The third-order valence-corrected chi connectivity index (χ3v) is 6.97. The molecule has 0 spiro atoms. The monoisotopic (exact) mass is 442 g/mol. The van der Waals surface area contributed by atoms with E-state index < -0.39 is 0 Å². The zero-order valence-electron chi connectivity index (χ0n) is 16.8. The number of fused-ring (bicyclic) bond motifs is 1. The first-order valence-corrected chi connectivity index (χ1v) is 11.5. The number of thiazole rings is 1. The molecular formula is C22H22N2O4S2. The van der Waals surface area contributed by atoms with E-state index in [1.54, 1.807) is 36.0 Å². The van der Waals surface area contributed by atoms with Crippen molar-refractivity contribution >= 4 is 45.4 Å². The van der Waals surface area contributed by atoms with Gasteiger partial charge in [-0.05, 0) is 43.4 Å². The van der Waals surface area contributed by atoms with Crippen molar-refractivity contribution in [3.8, 4) is 5.75 Å². The number of nitrogens with zero attached hydrogens (tertiary/aromatic N) is 2. The van der Waals surface area contributed by atoms with Gasteiger partial charge >= 0.3 is 5.97 Å². The summed E-state index contributed by atoms with van der Waals surface area (Å²) >= 11 is 2.97. The standard InChI is InChI=1S/C22H22N2O4S2/c1-14(25)24(18-8-4-5-9-19(18)27-2)22-23-15(12-30-22)11-28-21(26)17-13-29-20-10-6-3-7-16(17)20/h4-5,8-9,12-13H,3,6-7,10-11H2,1-2H3. The predicted octanol–water partition coefficient (Wildman–Crippen LogP) is 5.13. The average molecular weight is 443 g/mol. The first-order chi connectivity index (χ1) is 14.6. The number of thiophene rings is 1. The molecule has 0 bridgehead atoms. The molecule has 0 N–H and O–H groups in total. The lowest BCUT2D eigenvalue weighted by Gasteiger charge is -2.20. The minimum atomic E-state index is -0.308. The highest BCUT2D eigenvalue weighted by molar-refractivity contribution is 7.14. The van der Waals surface area contributed by atoms with Crippen LogP contribution in [0.3, 0.4) is 0 Å². The van der Waals surface area contributed by atoms with E-state index in [0.29, 0.717) is 27.8 Å². The van der Waals surface area contributed by atoms with Crippen LogP contribution in [-0.2, 0) is 29.0 Å². The highest BCUT2D eigenvalue weighted by atomic mass is 32.1. The number of methoxy groups -OCH3 is 1. The van der Waals surface area contributed by atoms with Gasteiger partial charge in [0, 0.05) is 22.6 Å². The van der Waals surface area contributed by atoms with Crippen LogP contribution in [0.2, 0.25) is 0 Å². The Morgan fingerprint density at radius 1 is 1.13 bits per heavy atom. The normalized spacial score (nSPS) is 12.9. The second-order valence-electron chi connectivity index (χ2n) is 6.98. The van der Waals surface area contributed by atoms with E-state index >= 15 is 0 Å². The molecular weight excluding hydrogens is 420 g/mol. The summed E-state index contributed by atoms with van der Waals surface area (Å²) in [6, 6.07) is 7.28. The van der Waals surface area contributed by atoms with E-state index in [4.69, 9.17) is 9.47 Å². The Labute approximate surface area is 183 Å². The van der Waals surface area contributed by atoms with E-state index in [2.05, 4.69) is 4.98 Å². The zero-order valence-corrected chi connectivity index (χ0v) is 18.5. The summed E-state index contributed by atoms with van der Waals surface area (Å²) in [5, 5.41) is 4.21. The fourth-order valence-electron chi connectivity index (χ4n) is 3.57. The summed E-state index contributed by atoms with van der Waals surface area (Å²) < 4.78 is 10.9. The molecule has 1 aliphatic carbocycles. The molecule has 156 valence electrons. The third kappa shape index (κ3) is 4.11. The summed E-state index contributed by atoms with van der Waals surface area (Å²) in [7, 11) is 1.56. The molecule has 3 aromatic rings. The maximum absolute atomic E-state index is 12.6. The molecule has 0 atom stereocenters. The fraction of sp³-hybridized carbons (Fsp3) is 0.318. The van der Waals surface area contributed by atoms with Gasteiger partial charge in [0.15, 0.2) is 5.13 Å². The van der Waals surface area contributed by atoms with Gasteiger partial charge in [0.2, 0.25) is 5.91 Å². The van der Waals surface area contributed by atoms with Crippen LogP contribution in [0.25, 0.3) is 0 Å². The lowest BCUT2D eigenvalue weighted by Crippen LogP contribution is -2.23. The zero-order chi connectivity index (χ0) is 21.1. The number of para-hydroxylation sites is 2. The van der Waals surface area contributed by atoms with Crippen LogP contribution in [0.5, 0.6) is 5.75 Å². The lowest BCUT2D eigenvalue weighted by atomic mass is 9.96. The van der Waals surface area contributed by atoms with Crippen LogP contribution in [0.4, 0.5) is 10.8 Å². The Morgan fingerprint density at radius 2 is 1.93 bits per heavy atom. The quantitative estimate of drug-likeness (QED) is 0.495. The van der Waals surface area contributed by atoms with Gasteiger partial charge in [-0.25, -0.2) is 9.78 Å². The van der Waals surface area contributed by atoms with Crippen molar-refractivity contribution in [1.82, 2.24) is 4.98 Å². The van der Waals surface area contributed by atoms with Crippen LogP contribution < -0.4 is 9.64 Å². The van der Waals surface area contributed by atoms with Crippen molar-refractivity contribution < 1.29 is 19.1 Å². The number of esters is 1. The number of ether oxygens (including phenoxy) is 2. The predicted molar refractivity (Wildman–Crippen MR) is 118 cm³/mol. The molecule has 0 aliphatic heterocycles. The lowest BCUT2D eigenvalue weighted by molar-refractivity contribution is -0.115. The minimum absolute atomic E-state index is 0.0671. The molecule has 0 saturated carbocycles. The van der Waals surface area contributed by atoms with Crippen molar-refractivity contribution in [2.75, 3.05) is 12.0 Å². The number of hydrogen-bond acceptors (Lipinski definition) is 7. The van der Waals surface area contributed by atoms with Gasteiger partial charge in [0.1, 0.15) is 12.4 Å². The number of carbonyl (C=O) groups excluding carboxylic acids is 2. The Kier molecular flexibility index (Phi) is 6.15. The van der Waals surface area contributed by atoms with Crippen molar-refractivity contribution in [3.05, 3.63) is 56.7 Å². The molecule has 2 heterocycles. The highest BCUT2D eigenvalue weighted by Gasteiger charge is 2.23. The number of rotatable bonds is 6. The minimum Gasteiger partial charge on any atom is -0.495 e. The summed E-state index contributed by atoms with van der Waals surface area (Å²) in [6.07, 6.45) is 4.29. The van der Waals surface area contributed by atoms with Crippen LogP contribution in [0, 0.1) is 0 Å². The van der Waals surface area contributed by atoms with Crippen molar-refractivity contribution in [3.63, 3.8) is 0 Å². The smallest absolute Gasteiger partial charge is 0.339 e. The summed E-state index contributed by atoms with van der Waals surface area (Å²) in [5.74, 6) is 0.0949. The Bertz CT molecular complexity index is 1070. The van der Waals surface area contributed by atoms with Gasteiger partial charge < -0.3 is 9.47 Å². The van der Waals surface area contributed by atoms with Gasteiger partial charge in [-0.1, -0.05) is 12.1 Å². The van der Waals surface area contributed by atoms with Crippen LogP contribution in [0.1, 0.15) is 46.3 Å². The molecule has 0 radical (unpaired) electrons. The van der Waals surface area contributed by atoms with Crippen molar-refractivity contribution in [2.24, 2.45) is 0 Å². The number of hydrogen-bond donors (Lipinski definition) is 0. The van der Waals surface area contributed by atoms with E-state index in [9.17, 15) is 9.59 Å². The van der Waals surface area contributed by atoms with Gasteiger partial charge in [0.25, 0.3) is 0 Å². The average Bonchev–Trinajstić information content (AvgIpc) is 3.39. The first kappa shape index (κ1) is 20.6. The molecule has 1 amide bonds. The van der Waals surface area contributed by atoms with Crippen LogP contribution in [0.15, 0.2) is 35.0 Å². The van der Waals surface area contributed by atoms with E-state index in [1.807, 2.05) is 17.5 Å². The number of amides is 1. The molecule has 0 unspecified atom stereocenters. The molecule has 1 aromatic carbocycles. The number of anilines is 2. The topological polar surface area (TPSA) is 68.7 Å². The molecule has 6 nitrogen and oxygen atoms in total. The number of aromatic nitrogens is 1. The van der Waals surface area contributed by atoms with Gasteiger partial charge in [-0.15, -0.1) is 22.7 Å². The second kappa shape index (κ2) is 8.97. The molecule has 1 aliphatic rings. The maximum atomic E-state index is 12.6. The Balaban J connectivity index is 1.49. The highest BCUT2D eigenvalue weighted by Crippen LogP contribution is 2.35. The summed E-state index contributed by atoms with van der Waals surface area (Å²) in [6.45, 7) is 1.55. The molecule has 2 aromatic heterocycles. The Hall–Kier alpha value is -2.71. The number of aryl methyl sites for hydroxylation is 1. The SMILES string of the molecule is COc1ccccc1N(C(C)=O)c1nc(COC(=O)c2csc3c2CCCC3)cs1. The van der Waals surface area contributed by atoms with E-state index in [-0.39, 0.29) is 18.5 Å². The largest absolute Gasteiger partial charge is 0.495 e. The number of carbonyl (C=O) groups is 2. The Morgan fingerprint density at radius 3 is 2.73 bits per heavy atom. The molecule has 30 heavy (non-hydrogen) atoms. The third-order valence-electron chi connectivity index (χ3n) is 5.00. The van der Waals surface area contributed by atoms with E-state index in [1.165, 1.54) is 34.5 Å².